The Balaban J connectivity index is 2.95. The molecule has 0 spiro atoms. The molecule has 0 aliphatic heterocycles. The normalized spacial score (nSPS) is 10.7. The minimum absolute atomic E-state index is 0.778. The lowest BCUT2D eigenvalue weighted by atomic mass is 10.5. The summed E-state index contributed by atoms with van der Waals surface area (Å²) in [5, 5.41) is 11.9. The van der Waals surface area contributed by atoms with Crippen LogP contribution in [0.15, 0.2) is 15.7 Å². The van der Waals surface area contributed by atoms with Gasteiger partial charge in [0.2, 0.25) is 0 Å². The molecule has 3 nitrogen and oxygen atoms in total. The van der Waals surface area contributed by atoms with Crippen LogP contribution in [0.2, 0.25) is 0 Å². The smallest absolute Gasteiger partial charge is 0.188 e. The van der Waals surface area contributed by atoms with E-state index in [4.69, 9.17) is 9.94 Å². The Morgan fingerprint density at radius 3 is 3.00 bits per heavy atom. The molecular weight excluding hydrogens is 230 g/mol. The van der Waals surface area contributed by atoms with E-state index in [0.717, 1.165) is 14.4 Å². The summed E-state index contributed by atoms with van der Waals surface area (Å²) >= 11 is 4.70. The zero-order chi connectivity index (χ0) is 8.27. The van der Waals surface area contributed by atoms with Crippen molar-refractivity contribution in [2.24, 2.45) is 5.16 Å². The van der Waals surface area contributed by atoms with Crippen LogP contribution < -0.4 is 4.74 Å². The molecule has 1 aromatic rings. The van der Waals surface area contributed by atoms with E-state index in [2.05, 4.69) is 21.1 Å². The van der Waals surface area contributed by atoms with Gasteiger partial charge >= 0.3 is 0 Å². The Labute approximate surface area is 76.4 Å². The second kappa shape index (κ2) is 3.73. The lowest BCUT2D eigenvalue weighted by molar-refractivity contribution is 0.322. The molecule has 0 aliphatic rings. The van der Waals surface area contributed by atoms with Crippen LogP contribution in [-0.4, -0.2) is 18.5 Å². The van der Waals surface area contributed by atoms with Gasteiger partial charge in [-0.1, -0.05) is 16.5 Å². The molecule has 0 unspecified atom stereocenters. The topological polar surface area (TPSA) is 41.8 Å². The fraction of sp³-hybridized carbons (Fsp3) is 0.167. The molecule has 0 aromatic carbocycles. The van der Waals surface area contributed by atoms with E-state index in [1.54, 1.807) is 7.11 Å². The molecule has 0 bridgehead atoms. The number of nitrogens with zero attached hydrogens (tertiary/aromatic N) is 1. The highest BCUT2D eigenvalue weighted by Crippen LogP contribution is 2.33. The van der Waals surface area contributed by atoms with Gasteiger partial charge < -0.3 is 9.94 Å². The molecule has 5 heteroatoms. The number of rotatable bonds is 2. The highest BCUT2D eigenvalue weighted by atomic mass is 79.9. The summed E-state index contributed by atoms with van der Waals surface area (Å²) in [6.45, 7) is 0. The summed E-state index contributed by atoms with van der Waals surface area (Å²) in [5.74, 6) is 0. The van der Waals surface area contributed by atoms with E-state index in [1.165, 1.54) is 17.6 Å². The van der Waals surface area contributed by atoms with Crippen molar-refractivity contribution in [2.75, 3.05) is 7.11 Å². The first-order valence-electron chi connectivity index (χ1n) is 2.78. The standard InChI is InChI=1S/C6H6BrNO2S/c1-10-6-5(7)2-4(11-6)3-8-9/h2-3,9H,1H3/b8-3+. The van der Waals surface area contributed by atoms with Gasteiger partial charge in [-0.2, -0.15) is 0 Å². The Morgan fingerprint density at radius 1 is 1.82 bits per heavy atom. The van der Waals surface area contributed by atoms with Gasteiger partial charge in [-0.25, -0.2) is 0 Å². The molecular formula is C6H6BrNO2S. The maximum Gasteiger partial charge on any atom is 0.188 e. The lowest BCUT2D eigenvalue weighted by Gasteiger charge is -1.91. The van der Waals surface area contributed by atoms with E-state index in [1.807, 2.05) is 6.07 Å². The van der Waals surface area contributed by atoms with Crippen molar-refractivity contribution in [3.05, 3.63) is 15.4 Å². The third kappa shape index (κ3) is 1.94. The molecule has 0 atom stereocenters. The monoisotopic (exact) mass is 235 g/mol. The van der Waals surface area contributed by atoms with Crippen molar-refractivity contribution in [2.45, 2.75) is 0 Å². The molecule has 1 rings (SSSR count). The van der Waals surface area contributed by atoms with E-state index >= 15 is 0 Å². The van der Waals surface area contributed by atoms with Gasteiger partial charge in [0.1, 0.15) is 0 Å². The minimum atomic E-state index is 0.778. The van der Waals surface area contributed by atoms with Crippen LogP contribution in [0.1, 0.15) is 4.88 Å². The van der Waals surface area contributed by atoms with Gasteiger partial charge in [-0.05, 0) is 22.0 Å². The Bertz CT molecular complexity index is 272. The zero-order valence-corrected chi connectivity index (χ0v) is 8.15. The van der Waals surface area contributed by atoms with Gasteiger partial charge in [0, 0.05) is 0 Å². The van der Waals surface area contributed by atoms with Crippen molar-refractivity contribution in [3.63, 3.8) is 0 Å². The third-order valence-electron chi connectivity index (χ3n) is 1.04. The number of hydrogen-bond donors (Lipinski definition) is 1. The maximum absolute atomic E-state index is 8.21. The zero-order valence-electron chi connectivity index (χ0n) is 5.74. The fourth-order valence-corrected chi connectivity index (χ4v) is 2.16. The number of oxime groups is 1. The second-order valence-electron chi connectivity index (χ2n) is 1.73. The van der Waals surface area contributed by atoms with Crippen LogP contribution in [0.3, 0.4) is 0 Å². The molecule has 0 radical (unpaired) electrons. The molecule has 0 amide bonds. The number of ether oxygens (including phenoxy) is 1. The van der Waals surface area contributed by atoms with Crippen LogP contribution >= 0.6 is 27.3 Å². The average molecular weight is 236 g/mol. The highest BCUT2D eigenvalue weighted by Gasteiger charge is 2.04. The molecule has 1 heterocycles. The molecule has 0 aliphatic carbocycles. The summed E-state index contributed by atoms with van der Waals surface area (Å²) in [4.78, 5) is 0.844. The van der Waals surface area contributed by atoms with Crippen molar-refractivity contribution in [3.8, 4) is 5.06 Å². The van der Waals surface area contributed by atoms with E-state index in [0.29, 0.717) is 0 Å². The summed E-state index contributed by atoms with van der Waals surface area (Å²) in [6, 6.07) is 1.82. The fourth-order valence-electron chi connectivity index (χ4n) is 0.629. The summed E-state index contributed by atoms with van der Waals surface area (Å²) in [7, 11) is 1.59. The maximum atomic E-state index is 8.21. The molecule has 1 aromatic heterocycles. The molecule has 11 heavy (non-hydrogen) atoms. The van der Waals surface area contributed by atoms with Crippen LogP contribution in [0.5, 0.6) is 5.06 Å². The van der Waals surface area contributed by atoms with E-state index in [9.17, 15) is 0 Å². The lowest BCUT2D eigenvalue weighted by Crippen LogP contribution is -1.75. The van der Waals surface area contributed by atoms with Crippen LogP contribution in [0, 0.1) is 0 Å². The second-order valence-corrected chi connectivity index (χ2v) is 3.63. The van der Waals surface area contributed by atoms with E-state index in [-0.39, 0.29) is 0 Å². The largest absolute Gasteiger partial charge is 0.486 e. The first kappa shape index (κ1) is 8.55. The quantitative estimate of drug-likeness (QED) is 0.486. The van der Waals surface area contributed by atoms with Gasteiger partial charge in [0.05, 0.1) is 22.7 Å². The van der Waals surface area contributed by atoms with Crippen LogP contribution in [0.4, 0.5) is 0 Å². The molecule has 1 N–H and O–H groups in total. The number of thiophene rings is 1. The predicted octanol–water partition coefficient (Wildman–Crippen LogP) is 2.33. The van der Waals surface area contributed by atoms with Crippen molar-refractivity contribution in [1.29, 1.82) is 0 Å². The predicted molar refractivity (Wildman–Crippen MR) is 48.0 cm³/mol. The summed E-state index contributed by atoms with van der Waals surface area (Å²) in [6.07, 6.45) is 1.36. The molecule has 0 fully saturated rings. The first-order chi connectivity index (χ1) is 5.27. The van der Waals surface area contributed by atoms with Gasteiger partial charge in [-0.15, -0.1) is 0 Å². The number of hydrogen-bond acceptors (Lipinski definition) is 4. The Kier molecular flexibility index (Phi) is 2.90. The van der Waals surface area contributed by atoms with Crippen molar-refractivity contribution < 1.29 is 9.94 Å². The van der Waals surface area contributed by atoms with Crippen LogP contribution in [-0.2, 0) is 0 Å². The first-order valence-corrected chi connectivity index (χ1v) is 4.39. The molecule has 60 valence electrons. The van der Waals surface area contributed by atoms with Gasteiger partial charge in [0.15, 0.2) is 5.06 Å². The Morgan fingerprint density at radius 2 is 2.55 bits per heavy atom. The molecule has 0 saturated carbocycles. The minimum Gasteiger partial charge on any atom is -0.486 e. The van der Waals surface area contributed by atoms with E-state index < -0.39 is 0 Å². The van der Waals surface area contributed by atoms with Gasteiger partial charge in [-0.3, -0.25) is 0 Å². The van der Waals surface area contributed by atoms with Crippen molar-refractivity contribution >= 4 is 33.5 Å². The number of halogens is 1. The van der Waals surface area contributed by atoms with Gasteiger partial charge in [0.25, 0.3) is 0 Å². The number of methoxy groups -OCH3 is 1. The highest BCUT2D eigenvalue weighted by molar-refractivity contribution is 9.10. The van der Waals surface area contributed by atoms with Crippen LogP contribution in [0.25, 0.3) is 0 Å². The SMILES string of the molecule is COc1sc(/C=N/O)cc1Br. The third-order valence-corrected chi connectivity index (χ3v) is 2.93. The summed E-state index contributed by atoms with van der Waals surface area (Å²) in [5.41, 5.74) is 0. The Hall–Kier alpha value is -0.550. The van der Waals surface area contributed by atoms with Crippen molar-refractivity contribution in [1.82, 2.24) is 0 Å². The molecule has 0 saturated heterocycles. The summed E-state index contributed by atoms with van der Waals surface area (Å²) < 4.78 is 5.88. The average Bonchev–Trinajstić information content (AvgIpc) is 2.32.